The van der Waals surface area contributed by atoms with E-state index in [1.807, 2.05) is 6.92 Å². The van der Waals surface area contributed by atoms with E-state index in [4.69, 9.17) is 9.47 Å². The molecule has 0 aromatic heterocycles. The Hall–Kier alpha value is -1.75. The first-order chi connectivity index (χ1) is 10.0. The van der Waals surface area contributed by atoms with Crippen LogP contribution in [0.1, 0.15) is 35.2 Å². The molecule has 1 aliphatic carbocycles. The largest absolute Gasteiger partial charge is 0.496 e. The molecule has 1 aromatic rings. The van der Waals surface area contributed by atoms with Gasteiger partial charge in [-0.1, -0.05) is 0 Å². The number of rotatable bonds is 5. The van der Waals surface area contributed by atoms with Crippen LogP contribution in [0.25, 0.3) is 0 Å². The number of benzene rings is 1. The number of nitrogens with one attached hydrogen (secondary N) is 1. The van der Waals surface area contributed by atoms with Crippen LogP contribution in [-0.4, -0.2) is 37.9 Å². The highest BCUT2D eigenvalue weighted by atomic mass is 16.5. The molecule has 2 rings (SSSR count). The van der Waals surface area contributed by atoms with Crippen LogP contribution in [0.2, 0.25) is 0 Å². The normalized spacial score (nSPS) is 21.1. The molecule has 0 aliphatic heterocycles. The second kappa shape index (κ2) is 6.80. The summed E-state index contributed by atoms with van der Waals surface area (Å²) in [5.41, 5.74) is 1.39. The highest BCUT2D eigenvalue weighted by Crippen LogP contribution is 2.29. The van der Waals surface area contributed by atoms with Crippen molar-refractivity contribution < 1.29 is 19.4 Å². The molecule has 0 spiro atoms. The Morgan fingerprint density at radius 3 is 2.38 bits per heavy atom. The standard InChI is InChI=1S/C16H23NO4/c1-10-14(20-2)7-12(8-15(10)21-3)16(19)17-9-11-4-5-13(18)6-11/h7-8,11,13,18H,4-6,9H2,1-3H3,(H,17,19). The number of hydrogen-bond donors (Lipinski definition) is 2. The maximum atomic E-state index is 12.2. The van der Waals surface area contributed by atoms with E-state index in [1.165, 1.54) is 0 Å². The number of carbonyl (C=O) groups is 1. The lowest BCUT2D eigenvalue weighted by molar-refractivity contribution is 0.0944. The van der Waals surface area contributed by atoms with Crippen LogP contribution >= 0.6 is 0 Å². The lowest BCUT2D eigenvalue weighted by Gasteiger charge is -2.14. The van der Waals surface area contributed by atoms with Gasteiger partial charge in [0, 0.05) is 17.7 Å². The lowest BCUT2D eigenvalue weighted by atomic mass is 10.1. The fourth-order valence-corrected chi connectivity index (χ4v) is 2.79. The zero-order chi connectivity index (χ0) is 15.4. The second-order valence-electron chi connectivity index (χ2n) is 5.55. The van der Waals surface area contributed by atoms with Gasteiger partial charge in [-0.3, -0.25) is 4.79 Å². The second-order valence-corrected chi connectivity index (χ2v) is 5.55. The molecule has 5 nitrogen and oxygen atoms in total. The Morgan fingerprint density at radius 1 is 1.29 bits per heavy atom. The van der Waals surface area contributed by atoms with E-state index in [2.05, 4.69) is 5.32 Å². The highest BCUT2D eigenvalue weighted by molar-refractivity contribution is 5.95. The molecule has 1 saturated carbocycles. The van der Waals surface area contributed by atoms with Crippen LogP contribution in [0.3, 0.4) is 0 Å². The van der Waals surface area contributed by atoms with E-state index >= 15 is 0 Å². The first-order valence-electron chi connectivity index (χ1n) is 7.24. The van der Waals surface area contributed by atoms with Crippen molar-refractivity contribution in [2.24, 2.45) is 5.92 Å². The SMILES string of the molecule is COc1cc(C(=O)NCC2CCC(O)C2)cc(OC)c1C. The van der Waals surface area contributed by atoms with Crippen molar-refractivity contribution in [1.29, 1.82) is 0 Å². The monoisotopic (exact) mass is 293 g/mol. The smallest absolute Gasteiger partial charge is 0.251 e. The van der Waals surface area contributed by atoms with E-state index in [0.717, 1.165) is 24.8 Å². The van der Waals surface area contributed by atoms with Gasteiger partial charge in [0.15, 0.2) is 0 Å². The van der Waals surface area contributed by atoms with Gasteiger partial charge in [-0.05, 0) is 44.2 Å². The van der Waals surface area contributed by atoms with E-state index in [9.17, 15) is 9.90 Å². The fourth-order valence-electron chi connectivity index (χ4n) is 2.79. The number of aliphatic hydroxyl groups is 1. The molecule has 1 aliphatic rings. The summed E-state index contributed by atoms with van der Waals surface area (Å²) in [6, 6.07) is 3.44. The van der Waals surface area contributed by atoms with E-state index in [0.29, 0.717) is 29.5 Å². The summed E-state index contributed by atoms with van der Waals surface area (Å²) >= 11 is 0. The summed E-state index contributed by atoms with van der Waals surface area (Å²) in [5, 5.41) is 12.4. The molecule has 1 amide bonds. The molecule has 0 radical (unpaired) electrons. The topological polar surface area (TPSA) is 67.8 Å². The number of ether oxygens (including phenoxy) is 2. The van der Waals surface area contributed by atoms with Crippen molar-refractivity contribution in [1.82, 2.24) is 5.32 Å². The summed E-state index contributed by atoms with van der Waals surface area (Å²) in [7, 11) is 3.15. The van der Waals surface area contributed by atoms with Crippen molar-refractivity contribution >= 4 is 5.91 Å². The fraction of sp³-hybridized carbons (Fsp3) is 0.562. The third-order valence-corrected chi connectivity index (χ3v) is 4.08. The number of methoxy groups -OCH3 is 2. The van der Waals surface area contributed by atoms with Gasteiger partial charge in [-0.25, -0.2) is 0 Å². The molecule has 2 atom stereocenters. The van der Waals surface area contributed by atoms with Crippen molar-refractivity contribution in [3.63, 3.8) is 0 Å². The van der Waals surface area contributed by atoms with Crippen LogP contribution in [-0.2, 0) is 0 Å². The van der Waals surface area contributed by atoms with Gasteiger partial charge in [0.2, 0.25) is 0 Å². The number of hydrogen-bond acceptors (Lipinski definition) is 4. The molecular weight excluding hydrogens is 270 g/mol. The predicted molar refractivity (Wildman–Crippen MR) is 80.0 cm³/mol. The molecule has 116 valence electrons. The van der Waals surface area contributed by atoms with Crippen LogP contribution in [0.4, 0.5) is 0 Å². The average Bonchev–Trinajstić information content (AvgIpc) is 2.90. The van der Waals surface area contributed by atoms with Gasteiger partial charge in [0.25, 0.3) is 5.91 Å². The maximum Gasteiger partial charge on any atom is 0.251 e. The van der Waals surface area contributed by atoms with Gasteiger partial charge in [-0.2, -0.15) is 0 Å². The molecule has 2 N–H and O–H groups in total. The minimum absolute atomic E-state index is 0.145. The molecule has 0 saturated heterocycles. The predicted octanol–water partition coefficient (Wildman–Crippen LogP) is 1.90. The Bertz CT molecular complexity index is 490. The lowest BCUT2D eigenvalue weighted by Crippen LogP contribution is -2.28. The zero-order valence-corrected chi connectivity index (χ0v) is 12.8. The van der Waals surface area contributed by atoms with Crippen molar-refractivity contribution in [3.05, 3.63) is 23.3 Å². The third-order valence-electron chi connectivity index (χ3n) is 4.08. The van der Waals surface area contributed by atoms with E-state index < -0.39 is 0 Å². The number of amides is 1. The van der Waals surface area contributed by atoms with Gasteiger partial charge in [0.1, 0.15) is 11.5 Å². The van der Waals surface area contributed by atoms with Crippen LogP contribution < -0.4 is 14.8 Å². The third kappa shape index (κ3) is 3.67. The Labute approximate surface area is 125 Å². The quantitative estimate of drug-likeness (QED) is 0.870. The molecule has 1 aromatic carbocycles. The Kier molecular flexibility index (Phi) is 5.07. The Morgan fingerprint density at radius 2 is 1.90 bits per heavy atom. The van der Waals surface area contributed by atoms with E-state index in [-0.39, 0.29) is 12.0 Å². The first-order valence-corrected chi connectivity index (χ1v) is 7.24. The number of aliphatic hydroxyl groups excluding tert-OH is 1. The van der Waals surface area contributed by atoms with Gasteiger partial charge >= 0.3 is 0 Å². The van der Waals surface area contributed by atoms with Crippen LogP contribution in [0.15, 0.2) is 12.1 Å². The van der Waals surface area contributed by atoms with Crippen LogP contribution in [0.5, 0.6) is 11.5 Å². The van der Waals surface area contributed by atoms with Crippen molar-refractivity contribution in [2.45, 2.75) is 32.3 Å². The summed E-state index contributed by atoms with van der Waals surface area (Å²) < 4.78 is 10.6. The molecule has 1 fully saturated rings. The van der Waals surface area contributed by atoms with Crippen molar-refractivity contribution in [2.75, 3.05) is 20.8 Å². The summed E-state index contributed by atoms with van der Waals surface area (Å²) in [5.74, 6) is 1.48. The molecular formula is C16H23NO4. The van der Waals surface area contributed by atoms with Crippen molar-refractivity contribution in [3.8, 4) is 11.5 Å². The summed E-state index contributed by atoms with van der Waals surface area (Å²) in [4.78, 5) is 12.2. The van der Waals surface area contributed by atoms with Gasteiger partial charge in [0.05, 0.1) is 20.3 Å². The average molecular weight is 293 g/mol. The van der Waals surface area contributed by atoms with Gasteiger partial charge < -0.3 is 19.9 Å². The van der Waals surface area contributed by atoms with E-state index in [1.54, 1.807) is 26.4 Å². The summed E-state index contributed by atoms with van der Waals surface area (Å²) in [6.07, 6.45) is 2.33. The maximum absolute atomic E-state index is 12.2. The molecule has 0 heterocycles. The first kappa shape index (κ1) is 15.6. The molecule has 5 heteroatoms. The van der Waals surface area contributed by atoms with Gasteiger partial charge in [-0.15, -0.1) is 0 Å². The zero-order valence-electron chi connectivity index (χ0n) is 12.8. The molecule has 0 bridgehead atoms. The Balaban J connectivity index is 2.04. The minimum Gasteiger partial charge on any atom is -0.496 e. The highest BCUT2D eigenvalue weighted by Gasteiger charge is 2.23. The molecule has 21 heavy (non-hydrogen) atoms. The molecule has 2 unspecified atom stereocenters. The minimum atomic E-state index is -0.216. The van der Waals surface area contributed by atoms with Crippen LogP contribution in [0, 0.1) is 12.8 Å². The summed E-state index contributed by atoms with van der Waals surface area (Å²) in [6.45, 7) is 2.48. The number of carbonyl (C=O) groups excluding carboxylic acids is 1.